The van der Waals surface area contributed by atoms with E-state index >= 15 is 0 Å². The highest BCUT2D eigenvalue weighted by atomic mass is 15.0. The van der Waals surface area contributed by atoms with Crippen LogP contribution in [0.2, 0.25) is 0 Å². The van der Waals surface area contributed by atoms with E-state index in [0.29, 0.717) is 0 Å². The predicted molar refractivity (Wildman–Crippen MR) is 336 cm³/mol. The van der Waals surface area contributed by atoms with Gasteiger partial charge in [-0.25, -0.2) is 0 Å². The molecular weight excluding hydrogens is 941 g/mol. The molecule has 0 N–H and O–H groups in total. The highest BCUT2D eigenvalue weighted by Gasteiger charge is 2.43. The van der Waals surface area contributed by atoms with Gasteiger partial charge in [0.05, 0.1) is 27.9 Å². The molecule has 0 unspecified atom stereocenters. The first kappa shape index (κ1) is 45.9. The van der Waals surface area contributed by atoms with Crippen molar-refractivity contribution in [2.24, 2.45) is 0 Å². The van der Waals surface area contributed by atoms with Gasteiger partial charge in [0.2, 0.25) is 0 Å². The van der Waals surface area contributed by atoms with Crippen molar-refractivity contribution in [1.29, 1.82) is 0 Å². The smallest absolute Gasteiger partial charge is 0.0544 e. The maximum Gasteiger partial charge on any atom is 0.0544 e. The van der Waals surface area contributed by atoms with Gasteiger partial charge in [0.15, 0.2) is 0 Å². The summed E-state index contributed by atoms with van der Waals surface area (Å²) in [5.74, 6) is 0. The van der Waals surface area contributed by atoms with Crippen molar-refractivity contribution in [1.82, 2.24) is 9.13 Å². The van der Waals surface area contributed by atoms with Crippen molar-refractivity contribution < 1.29 is 0 Å². The second-order valence-corrected chi connectivity index (χ2v) is 22.4. The summed E-state index contributed by atoms with van der Waals surface area (Å²) in [7, 11) is 0. The molecule has 0 atom stereocenters. The standard InChI is InChI=1S/C76H56N2/c1-7-48-49-25-9-10-26-50(49)51-27-11-14-30-54(51)58-33-19-22-38-70(58)77(69(48)8-2)47-41-42-57-63-44-67-64(45-66(63)75(3,4)65(57)43-47)74-62-37-18-17-36-61(62)73(46-68(74)76(67,5)6)78-71-39-23-20-34-59(71)55-31-15-12-28-52(55)53-29-13-16-32-56(53)60-35-21-24-40-72(60)78/h7-46H,1-2H2,3-6H3. The van der Waals surface area contributed by atoms with Crippen LogP contribution in [0.3, 0.4) is 0 Å². The highest BCUT2D eigenvalue weighted by molar-refractivity contribution is 6.21. The molecule has 11 aromatic carbocycles. The first-order chi connectivity index (χ1) is 38.2. The first-order valence-electron chi connectivity index (χ1n) is 27.3. The molecule has 2 aromatic heterocycles. The van der Waals surface area contributed by atoms with Crippen LogP contribution >= 0.6 is 0 Å². The van der Waals surface area contributed by atoms with Gasteiger partial charge in [-0.1, -0.05) is 229 Å². The quantitative estimate of drug-likeness (QED) is 0.166. The van der Waals surface area contributed by atoms with E-state index in [2.05, 4.69) is 281 Å². The summed E-state index contributed by atoms with van der Waals surface area (Å²) < 4.78 is 4.99. The minimum Gasteiger partial charge on any atom is -0.309 e. The molecule has 2 aliphatic carbocycles. The summed E-state index contributed by atoms with van der Waals surface area (Å²) in [6.45, 7) is 18.7. The zero-order valence-electron chi connectivity index (χ0n) is 44.4. The molecule has 0 radical (unpaired) electrons. The Morgan fingerprint density at radius 2 is 0.679 bits per heavy atom. The molecule has 0 spiro atoms. The lowest BCUT2D eigenvalue weighted by atomic mass is 9.79. The molecule has 2 aliphatic rings. The van der Waals surface area contributed by atoms with Gasteiger partial charge in [-0.3, -0.25) is 0 Å². The van der Waals surface area contributed by atoms with Gasteiger partial charge >= 0.3 is 0 Å². The SMILES string of the molecule is C=Cc1c(C=C)n(-c2ccc3c(c2)C(C)(C)c2cc4c(cc2-3)C(C)(C)c2cc(-n3c5ccccc5c5ccccc5c5ccccc5c5ccccc53)c3ccccc3c2-4)c2ccccc2c2ccccc2c2ccccc12. The Morgan fingerprint density at radius 3 is 1.18 bits per heavy atom. The van der Waals surface area contributed by atoms with E-state index in [1.54, 1.807) is 0 Å². The van der Waals surface area contributed by atoms with Gasteiger partial charge in [-0.05, 0) is 148 Å². The molecule has 0 saturated heterocycles. The summed E-state index contributed by atoms with van der Waals surface area (Å²) in [5.41, 5.74) is 17.7. The Balaban J connectivity index is 0.975. The van der Waals surface area contributed by atoms with Gasteiger partial charge in [0.25, 0.3) is 0 Å². The van der Waals surface area contributed by atoms with Crippen LogP contribution in [0.4, 0.5) is 0 Å². The topological polar surface area (TPSA) is 9.86 Å². The third-order valence-electron chi connectivity index (χ3n) is 17.7. The minimum atomic E-state index is -0.326. The second-order valence-electron chi connectivity index (χ2n) is 22.4. The fraction of sp³-hybridized carbons (Fsp3) is 0.0789. The van der Waals surface area contributed by atoms with Crippen molar-refractivity contribution >= 4 is 98.7 Å². The van der Waals surface area contributed by atoms with E-state index in [1.165, 1.54) is 109 Å². The largest absolute Gasteiger partial charge is 0.309 e. The van der Waals surface area contributed by atoms with Crippen LogP contribution in [0.5, 0.6) is 0 Å². The Kier molecular flexibility index (Phi) is 10.00. The van der Waals surface area contributed by atoms with E-state index in [4.69, 9.17) is 0 Å². The fourth-order valence-electron chi connectivity index (χ4n) is 14.1. The third-order valence-corrected chi connectivity index (χ3v) is 17.7. The summed E-state index contributed by atoms with van der Waals surface area (Å²) in [6, 6.07) is 86.2. The number of rotatable bonds is 4. The van der Waals surface area contributed by atoms with Crippen molar-refractivity contribution in [3.63, 3.8) is 0 Å². The number of fused-ring (bicyclic) bond motifs is 20. The van der Waals surface area contributed by atoms with Crippen molar-refractivity contribution in [3.8, 4) is 33.6 Å². The predicted octanol–water partition coefficient (Wildman–Crippen LogP) is 20.6. The number of benzene rings is 11. The molecule has 0 aliphatic heterocycles. The molecule has 0 saturated carbocycles. The molecule has 2 nitrogen and oxygen atoms in total. The Labute approximate surface area is 454 Å². The molecule has 13 aromatic rings. The summed E-state index contributed by atoms with van der Waals surface area (Å²) in [6.07, 6.45) is 4.02. The Bertz CT molecular complexity index is 4850. The summed E-state index contributed by atoms with van der Waals surface area (Å²) in [4.78, 5) is 0. The zero-order valence-corrected chi connectivity index (χ0v) is 44.4. The van der Waals surface area contributed by atoms with Gasteiger partial charge in [0, 0.05) is 43.6 Å². The minimum absolute atomic E-state index is 0.320. The van der Waals surface area contributed by atoms with Crippen LogP contribution in [0.15, 0.2) is 244 Å². The molecule has 0 fully saturated rings. The molecule has 78 heavy (non-hydrogen) atoms. The fourth-order valence-corrected chi connectivity index (χ4v) is 14.1. The molecule has 0 bridgehead atoms. The lowest BCUT2D eigenvalue weighted by Gasteiger charge is -2.25. The number of para-hydroxylation sites is 3. The number of hydrogen-bond acceptors (Lipinski definition) is 0. The number of nitrogens with zero attached hydrogens (tertiary/aromatic N) is 2. The van der Waals surface area contributed by atoms with Crippen molar-refractivity contribution in [3.05, 3.63) is 277 Å². The molecule has 2 heterocycles. The zero-order chi connectivity index (χ0) is 52.6. The molecule has 0 amide bonds. The van der Waals surface area contributed by atoms with Crippen molar-refractivity contribution in [2.45, 2.75) is 38.5 Å². The van der Waals surface area contributed by atoms with E-state index in [9.17, 15) is 0 Å². The second kappa shape index (κ2) is 17.0. The third kappa shape index (κ3) is 6.38. The van der Waals surface area contributed by atoms with Crippen LogP contribution in [0, 0.1) is 0 Å². The van der Waals surface area contributed by atoms with Crippen molar-refractivity contribution in [2.75, 3.05) is 0 Å². The van der Waals surface area contributed by atoms with E-state index in [0.717, 1.165) is 44.3 Å². The number of hydrogen-bond donors (Lipinski definition) is 0. The van der Waals surface area contributed by atoms with Gasteiger partial charge in [0.1, 0.15) is 0 Å². The lowest BCUT2D eigenvalue weighted by Crippen LogP contribution is -2.17. The Morgan fingerprint density at radius 1 is 0.308 bits per heavy atom. The maximum atomic E-state index is 4.51. The van der Waals surface area contributed by atoms with Crippen LogP contribution in [-0.2, 0) is 10.8 Å². The maximum absolute atomic E-state index is 4.51. The van der Waals surface area contributed by atoms with Crippen LogP contribution in [0.1, 0.15) is 61.2 Å². The van der Waals surface area contributed by atoms with Gasteiger partial charge < -0.3 is 9.13 Å². The lowest BCUT2D eigenvalue weighted by molar-refractivity contribution is 0.651. The van der Waals surface area contributed by atoms with Crippen LogP contribution in [-0.4, -0.2) is 9.13 Å². The van der Waals surface area contributed by atoms with Gasteiger partial charge in [-0.2, -0.15) is 0 Å². The first-order valence-corrected chi connectivity index (χ1v) is 27.3. The van der Waals surface area contributed by atoms with E-state index in [-0.39, 0.29) is 10.8 Å². The average molecular weight is 997 g/mol. The van der Waals surface area contributed by atoms with Crippen LogP contribution in [0.25, 0.3) is 132 Å². The van der Waals surface area contributed by atoms with E-state index < -0.39 is 0 Å². The molecule has 2 heteroatoms. The monoisotopic (exact) mass is 996 g/mol. The van der Waals surface area contributed by atoms with Gasteiger partial charge in [-0.15, -0.1) is 0 Å². The van der Waals surface area contributed by atoms with Crippen LogP contribution < -0.4 is 0 Å². The average Bonchev–Trinajstić information content (AvgIpc) is 3.91. The summed E-state index contributed by atoms with van der Waals surface area (Å²) >= 11 is 0. The summed E-state index contributed by atoms with van der Waals surface area (Å²) in [5, 5.41) is 15.6. The molecular formula is C76H56N2. The normalized spacial score (nSPS) is 13.7. The molecule has 370 valence electrons. The Hall–Kier alpha value is -9.50. The van der Waals surface area contributed by atoms with E-state index in [1.807, 2.05) is 12.2 Å². The molecule has 15 rings (SSSR count). The number of aromatic nitrogens is 2. The highest BCUT2D eigenvalue weighted by Crippen LogP contribution is 2.58.